The molecule has 0 radical (unpaired) electrons. The van der Waals surface area contributed by atoms with Gasteiger partial charge < -0.3 is 48.8 Å². The summed E-state index contributed by atoms with van der Waals surface area (Å²) in [6, 6.07) is 6.76. The zero-order valence-electron chi connectivity index (χ0n) is 37.5. The Hall–Kier alpha value is -4.29. The number of pyridine rings is 1. The third kappa shape index (κ3) is 9.70. The third-order valence-corrected chi connectivity index (χ3v) is 13.1. The molecule has 1 unspecified atom stereocenters. The van der Waals surface area contributed by atoms with Crippen molar-refractivity contribution in [3.05, 3.63) is 36.2 Å². The number of nitrogens with zero attached hydrogens (tertiary/aromatic N) is 4. The number of ketones is 2. The van der Waals surface area contributed by atoms with Crippen LogP contribution in [0.4, 0.5) is 0 Å². The number of Topliss-reactive ketones (excluding diaryl/α,β-unsaturated/α-hetero) is 2. The number of hydrogen-bond acceptors (Lipinski definition) is 16. The van der Waals surface area contributed by atoms with Crippen LogP contribution in [0.25, 0.3) is 11.5 Å². The smallest absolute Gasteiger partial charge is 0.317 e. The van der Waals surface area contributed by atoms with Crippen molar-refractivity contribution in [3.63, 3.8) is 0 Å². The number of hydrogen-bond donors (Lipinski definition) is 2. The molecule has 15 atom stereocenters. The molecule has 17 nitrogen and oxygen atoms in total. The summed E-state index contributed by atoms with van der Waals surface area (Å²) < 4.78 is 36.6. The third-order valence-electron chi connectivity index (χ3n) is 13.1. The molecule has 5 heterocycles. The van der Waals surface area contributed by atoms with E-state index in [0.717, 1.165) is 0 Å². The van der Waals surface area contributed by atoms with Gasteiger partial charge in [-0.05, 0) is 79.6 Å². The van der Waals surface area contributed by atoms with E-state index < -0.39 is 95.1 Å². The maximum absolute atomic E-state index is 14.8. The molecule has 61 heavy (non-hydrogen) atoms. The number of esters is 2. The summed E-state index contributed by atoms with van der Waals surface area (Å²) in [5.74, 6) is -8.51. The quantitative estimate of drug-likeness (QED) is 0.103. The Morgan fingerprint density at radius 3 is 2.36 bits per heavy atom. The first-order valence-electron chi connectivity index (χ1n) is 21.3. The van der Waals surface area contributed by atoms with Crippen LogP contribution >= 0.6 is 0 Å². The summed E-state index contributed by atoms with van der Waals surface area (Å²) in [7, 11) is 5.17. The second-order valence-corrected chi connectivity index (χ2v) is 17.6. The number of oxime groups is 1. The number of rotatable bonds is 11. The number of aromatic nitrogens is 2. The molecule has 0 aromatic carbocycles. The standard InChI is InChI=1S/C44H65N5O12/c1-13-30(28-20-31(61-47-28)27-17-15-16-18-46-27)60-48-39(45)33-34-24(5)35(50)22(3)21-43(8,55-12)38(58-42-37(52)29(49(10)11)19-23(4)56-42)25(6)36(51)26(7)40(53)57-32(14-2)44(34,9)59-41(33)54/h15-18,20,22-26,29-30,32-34,37-38,42,52H,13-14,19,21H2,1-12H3,(H2,45,48)/t22-,23-,24-,25+,26-,29+,30-,32+,33-,34+,37-,38-,42?,43-,44-/m1/s1. The number of cyclic esters (lactones) is 1. The summed E-state index contributed by atoms with van der Waals surface area (Å²) >= 11 is 0. The fraction of sp³-hybridized carbons (Fsp3) is 0.705. The van der Waals surface area contributed by atoms with E-state index in [2.05, 4.69) is 15.3 Å². The lowest BCUT2D eigenvalue weighted by Crippen LogP contribution is -2.59. The second kappa shape index (κ2) is 19.4. The number of aliphatic hydroxyl groups excluding tert-OH is 1. The molecule has 2 aromatic rings. The van der Waals surface area contributed by atoms with Crippen molar-refractivity contribution in [1.29, 1.82) is 0 Å². The van der Waals surface area contributed by atoms with Crippen LogP contribution in [-0.4, -0.2) is 119 Å². The van der Waals surface area contributed by atoms with E-state index in [-0.39, 0.29) is 36.6 Å². The summed E-state index contributed by atoms with van der Waals surface area (Å²) in [5, 5.41) is 19.8. The van der Waals surface area contributed by atoms with Crippen molar-refractivity contribution in [2.45, 2.75) is 142 Å². The van der Waals surface area contributed by atoms with E-state index in [0.29, 0.717) is 30.0 Å². The number of fused-ring (bicyclic) bond motifs is 1. The van der Waals surface area contributed by atoms with Gasteiger partial charge in [-0.2, -0.15) is 0 Å². The Balaban J connectivity index is 1.52. The van der Waals surface area contributed by atoms with Gasteiger partial charge in [0.15, 0.2) is 35.4 Å². The first-order valence-corrected chi connectivity index (χ1v) is 21.3. The van der Waals surface area contributed by atoms with Gasteiger partial charge in [0.05, 0.1) is 17.8 Å². The van der Waals surface area contributed by atoms with Crippen LogP contribution < -0.4 is 5.73 Å². The molecule has 3 aliphatic rings. The van der Waals surface area contributed by atoms with Gasteiger partial charge in [-0.3, -0.25) is 24.2 Å². The molecule has 3 fully saturated rings. The van der Waals surface area contributed by atoms with Crippen LogP contribution in [0.3, 0.4) is 0 Å². The highest BCUT2D eigenvalue weighted by Crippen LogP contribution is 2.48. The van der Waals surface area contributed by atoms with Crippen LogP contribution in [0, 0.1) is 35.5 Å². The van der Waals surface area contributed by atoms with Crippen LogP contribution in [-0.2, 0) is 47.7 Å². The van der Waals surface area contributed by atoms with Crippen LogP contribution in [0.1, 0.15) is 99.8 Å². The van der Waals surface area contributed by atoms with Gasteiger partial charge >= 0.3 is 11.9 Å². The lowest BCUT2D eigenvalue weighted by Gasteiger charge is -2.47. The molecule has 338 valence electrons. The summed E-state index contributed by atoms with van der Waals surface area (Å²) in [6.07, 6.45) is -2.67. The largest absolute Gasteiger partial charge is 0.458 e. The molecule has 5 rings (SSSR count). The molecule has 2 aromatic heterocycles. The van der Waals surface area contributed by atoms with Crippen molar-refractivity contribution in [2.75, 3.05) is 21.2 Å². The molecule has 0 saturated carbocycles. The summed E-state index contributed by atoms with van der Waals surface area (Å²) in [6.45, 7) is 15.4. The molecule has 0 amide bonds. The molecular formula is C44H65N5O12. The first-order chi connectivity index (χ1) is 28.7. The number of methoxy groups -OCH3 is 1. The number of nitrogens with two attached hydrogens (primary N) is 1. The minimum absolute atomic E-state index is 0.0480. The van der Waals surface area contributed by atoms with Gasteiger partial charge in [-0.1, -0.05) is 51.0 Å². The maximum Gasteiger partial charge on any atom is 0.317 e. The number of carbonyl (C=O) groups excluding carboxylic acids is 4. The topological polar surface area (TPSA) is 224 Å². The average molecular weight is 856 g/mol. The monoisotopic (exact) mass is 855 g/mol. The molecule has 3 aliphatic heterocycles. The zero-order chi connectivity index (χ0) is 45.1. The van der Waals surface area contributed by atoms with Gasteiger partial charge in [0.25, 0.3) is 0 Å². The van der Waals surface area contributed by atoms with E-state index in [1.165, 1.54) is 14.0 Å². The molecule has 0 aliphatic carbocycles. The van der Waals surface area contributed by atoms with Crippen molar-refractivity contribution >= 4 is 29.3 Å². The average Bonchev–Trinajstić information content (AvgIpc) is 3.83. The van der Waals surface area contributed by atoms with Crippen molar-refractivity contribution in [2.24, 2.45) is 46.4 Å². The summed E-state index contributed by atoms with van der Waals surface area (Å²) in [5.41, 5.74) is 4.71. The number of carbonyl (C=O) groups is 4. The number of aliphatic hydroxyl groups is 1. The Kier molecular flexibility index (Phi) is 15.2. The van der Waals surface area contributed by atoms with E-state index in [9.17, 15) is 24.3 Å². The highest BCUT2D eigenvalue weighted by atomic mass is 16.7. The van der Waals surface area contributed by atoms with E-state index >= 15 is 0 Å². The number of ether oxygens (including phenoxy) is 5. The normalized spacial score (nSPS) is 37.4. The van der Waals surface area contributed by atoms with Gasteiger partial charge in [0.1, 0.15) is 41.2 Å². The Bertz CT molecular complexity index is 1890. The highest BCUT2D eigenvalue weighted by molar-refractivity contribution is 6.03. The molecule has 3 N–H and O–H groups in total. The fourth-order valence-electron chi connectivity index (χ4n) is 9.53. The van der Waals surface area contributed by atoms with Gasteiger partial charge in [-0.15, -0.1) is 0 Å². The minimum Gasteiger partial charge on any atom is -0.458 e. The Morgan fingerprint density at radius 2 is 1.75 bits per heavy atom. The second-order valence-electron chi connectivity index (χ2n) is 17.6. The van der Waals surface area contributed by atoms with Gasteiger partial charge in [0, 0.05) is 49.1 Å². The maximum atomic E-state index is 14.8. The van der Waals surface area contributed by atoms with E-state index in [4.69, 9.17) is 38.8 Å². The zero-order valence-corrected chi connectivity index (χ0v) is 37.5. The molecule has 0 bridgehead atoms. The summed E-state index contributed by atoms with van der Waals surface area (Å²) in [4.78, 5) is 69.4. The first kappa shape index (κ1) is 47.8. The lowest BCUT2D eigenvalue weighted by molar-refractivity contribution is -0.295. The number of amidine groups is 1. The SMILES string of the molecule is CC[C@@H]1OC(=O)[C@H](C)C(=O)[C@H](C)[C@@H](OC2O[C@H](C)C[C@H](N(C)C)[C@H]2O)[C@](C)(OC)C[C@@H](C)C(=O)[C@H](C)[C@H]2[C@H](/C(N)=N/O[C@H](CC)c3cc(-c4ccccn4)on3)C(=O)O[C@@]21C. The Labute approximate surface area is 358 Å². The van der Waals surface area contributed by atoms with E-state index in [1.807, 2.05) is 38.9 Å². The Morgan fingerprint density at radius 1 is 1.05 bits per heavy atom. The van der Waals surface area contributed by atoms with Crippen LogP contribution in [0.2, 0.25) is 0 Å². The van der Waals surface area contributed by atoms with Crippen LogP contribution in [0.15, 0.2) is 40.1 Å². The van der Waals surface area contributed by atoms with Crippen molar-refractivity contribution < 1.29 is 57.3 Å². The van der Waals surface area contributed by atoms with E-state index in [1.54, 1.807) is 65.9 Å². The highest BCUT2D eigenvalue weighted by Gasteiger charge is 2.63. The predicted octanol–water partition coefficient (Wildman–Crippen LogP) is 4.65. The molecular weight excluding hydrogens is 791 g/mol. The fourth-order valence-corrected chi connectivity index (χ4v) is 9.53. The number of likely N-dealkylation sites (N-methyl/N-ethyl adjacent to an activating group) is 1. The van der Waals surface area contributed by atoms with Crippen LogP contribution in [0.5, 0.6) is 0 Å². The van der Waals surface area contributed by atoms with Crippen molar-refractivity contribution in [1.82, 2.24) is 15.0 Å². The predicted molar refractivity (Wildman–Crippen MR) is 221 cm³/mol. The molecule has 3 saturated heterocycles. The molecule has 17 heteroatoms. The molecule has 0 spiro atoms. The lowest BCUT2D eigenvalue weighted by atomic mass is 9.67. The minimum atomic E-state index is -1.59. The van der Waals surface area contributed by atoms with Gasteiger partial charge in [0.2, 0.25) is 0 Å². The van der Waals surface area contributed by atoms with Gasteiger partial charge in [-0.25, -0.2) is 0 Å². The van der Waals surface area contributed by atoms with Crippen molar-refractivity contribution in [3.8, 4) is 11.5 Å².